The number of hydrogen-bond acceptors (Lipinski definition) is 5. The molecule has 1 fully saturated rings. The number of aromatic nitrogens is 2. The normalized spacial score (nSPS) is 14.7. The summed E-state index contributed by atoms with van der Waals surface area (Å²) >= 11 is 0. The lowest BCUT2D eigenvalue weighted by Crippen LogP contribution is -2.37. The van der Waals surface area contributed by atoms with E-state index in [0.29, 0.717) is 12.5 Å². The maximum absolute atomic E-state index is 5.48. The number of benzene rings is 2. The Balaban J connectivity index is 1.63. The molecule has 25 heavy (non-hydrogen) atoms. The van der Waals surface area contributed by atoms with Gasteiger partial charge < -0.3 is 15.0 Å². The zero-order valence-corrected chi connectivity index (χ0v) is 14.4. The van der Waals surface area contributed by atoms with E-state index in [-0.39, 0.29) is 0 Å². The summed E-state index contributed by atoms with van der Waals surface area (Å²) in [6.45, 7) is 6.01. The Hall–Kier alpha value is -2.66. The Labute approximate surface area is 147 Å². The van der Waals surface area contributed by atoms with Gasteiger partial charge in [-0.15, -0.1) is 0 Å². The predicted octanol–water partition coefficient (Wildman–Crippen LogP) is 3.39. The Bertz CT molecular complexity index is 857. The van der Waals surface area contributed by atoms with Gasteiger partial charge in [0.15, 0.2) is 0 Å². The Kier molecular flexibility index (Phi) is 4.48. The van der Waals surface area contributed by atoms with Gasteiger partial charge in [0.05, 0.1) is 18.7 Å². The molecule has 1 aromatic heterocycles. The van der Waals surface area contributed by atoms with Crippen molar-refractivity contribution in [3.05, 3.63) is 59.7 Å². The molecule has 0 radical (unpaired) electrons. The van der Waals surface area contributed by atoms with Crippen LogP contribution >= 0.6 is 0 Å². The van der Waals surface area contributed by atoms with Gasteiger partial charge in [-0.2, -0.15) is 4.98 Å². The van der Waals surface area contributed by atoms with Crippen LogP contribution in [0.4, 0.5) is 11.8 Å². The number of para-hydroxylation sites is 1. The average Bonchev–Trinajstić information content (AvgIpc) is 2.67. The topological polar surface area (TPSA) is 50.3 Å². The van der Waals surface area contributed by atoms with Crippen molar-refractivity contribution in [3.63, 3.8) is 0 Å². The fourth-order valence-electron chi connectivity index (χ4n) is 3.04. The highest BCUT2D eigenvalue weighted by molar-refractivity contribution is 5.90. The van der Waals surface area contributed by atoms with Crippen LogP contribution in [0.3, 0.4) is 0 Å². The lowest BCUT2D eigenvalue weighted by molar-refractivity contribution is 0.122. The molecule has 5 heteroatoms. The molecule has 0 unspecified atom stereocenters. The first kappa shape index (κ1) is 15.8. The molecule has 4 rings (SSSR count). The zero-order chi connectivity index (χ0) is 17.1. The summed E-state index contributed by atoms with van der Waals surface area (Å²) in [5, 5.41) is 4.46. The highest BCUT2D eigenvalue weighted by atomic mass is 16.5. The molecule has 3 aromatic rings. The predicted molar refractivity (Wildman–Crippen MR) is 101 cm³/mol. The van der Waals surface area contributed by atoms with Gasteiger partial charge in [0.1, 0.15) is 5.82 Å². The quantitative estimate of drug-likeness (QED) is 0.792. The SMILES string of the molecule is Cc1ccc(CNc2nc(N3CCOCC3)c3ccccc3n2)cc1. The van der Waals surface area contributed by atoms with E-state index in [1.165, 1.54) is 11.1 Å². The summed E-state index contributed by atoms with van der Waals surface area (Å²) in [5.74, 6) is 1.65. The van der Waals surface area contributed by atoms with E-state index in [9.17, 15) is 0 Å². The smallest absolute Gasteiger partial charge is 0.225 e. The number of nitrogens with one attached hydrogen (secondary N) is 1. The fraction of sp³-hybridized carbons (Fsp3) is 0.300. The number of fused-ring (bicyclic) bond motifs is 1. The van der Waals surface area contributed by atoms with Crippen molar-refractivity contribution in [1.29, 1.82) is 0 Å². The Morgan fingerprint density at radius 3 is 2.56 bits per heavy atom. The molecule has 0 amide bonds. The van der Waals surface area contributed by atoms with E-state index >= 15 is 0 Å². The minimum atomic E-state index is 0.667. The second kappa shape index (κ2) is 7.07. The van der Waals surface area contributed by atoms with Crippen molar-refractivity contribution >= 4 is 22.7 Å². The minimum absolute atomic E-state index is 0.667. The average molecular weight is 334 g/mol. The highest BCUT2D eigenvalue weighted by Crippen LogP contribution is 2.26. The molecular formula is C20H22N4O. The number of anilines is 2. The van der Waals surface area contributed by atoms with Crippen LogP contribution < -0.4 is 10.2 Å². The van der Waals surface area contributed by atoms with Crippen molar-refractivity contribution < 1.29 is 4.74 Å². The summed E-state index contributed by atoms with van der Waals surface area (Å²) in [6.07, 6.45) is 0. The number of ether oxygens (including phenoxy) is 1. The van der Waals surface area contributed by atoms with E-state index < -0.39 is 0 Å². The van der Waals surface area contributed by atoms with E-state index in [1.54, 1.807) is 0 Å². The van der Waals surface area contributed by atoms with Gasteiger partial charge in [0.25, 0.3) is 0 Å². The van der Waals surface area contributed by atoms with Gasteiger partial charge in [0, 0.05) is 25.0 Å². The zero-order valence-electron chi connectivity index (χ0n) is 14.4. The second-order valence-corrected chi connectivity index (χ2v) is 6.33. The molecule has 2 heterocycles. The monoisotopic (exact) mass is 334 g/mol. The van der Waals surface area contributed by atoms with Gasteiger partial charge in [-0.1, -0.05) is 42.0 Å². The molecule has 128 valence electrons. The third kappa shape index (κ3) is 3.56. The molecule has 1 aliphatic rings. The van der Waals surface area contributed by atoms with Crippen molar-refractivity contribution in [3.8, 4) is 0 Å². The largest absolute Gasteiger partial charge is 0.378 e. The summed E-state index contributed by atoms with van der Waals surface area (Å²) in [4.78, 5) is 11.8. The van der Waals surface area contributed by atoms with Crippen LogP contribution in [0.1, 0.15) is 11.1 Å². The van der Waals surface area contributed by atoms with Crippen LogP contribution in [-0.4, -0.2) is 36.3 Å². The maximum Gasteiger partial charge on any atom is 0.225 e. The summed E-state index contributed by atoms with van der Waals surface area (Å²) < 4.78 is 5.48. The number of hydrogen-bond donors (Lipinski definition) is 1. The third-order valence-corrected chi connectivity index (χ3v) is 4.46. The van der Waals surface area contributed by atoms with Gasteiger partial charge in [0.2, 0.25) is 5.95 Å². The molecule has 1 aliphatic heterocycles. The van der Waals surface area contributed by atoms with Crippen molar-refractivity contribution in [2.45, 2.75) is 13.5 Å². The number of nitrogens with zero attached hydrogens (tertiary/aromatic N) is 3. The van der Waals surface area contributed by atoms with Gasteiger partial charge in [-0.05, 0) is 24.6 Å². The van der Waals surface area contributed by atoms with E-state index in [1.807, 2.05) is 18.2 Å². The van der Waals surface area contributed by atoms with Crippen molar-refractivity contribution in [2.75, 3.05) is 36.5 Å². The standard InChI is InChI=1S/C20H22N4O/c1-15-6-8-16(9-7-15)14-21-20-22-18-5-3-2-4-17(18)19(23-20)24-10-12-25-13-11-24/h2-9H,10-14H2,1H3,(H,21,22,23). The molecule has 0 bridgehead atoms. The minimum Gasteiger partial charge on any atom is -0.378 e. The van der Waals surface area contributed by atoms with Gasteiger partial charge >= 0.3 is 0 Å². The number of morpholine rings is 1. The molecular weight excluding hydrogens is 312 g/mol. The van der Waals surface area contributed by atoms with Crippen LogP contribution in [0.25, 0.3) is 10.9 Å². The second-order valence-electron chi connectivity index (χ2n) is 6.33. The first-order valence-corrected chi connectivity index (χ1v) is 8.68. The number of rotatable bonds is 4. The molecule has 5 nitrogen and oxygen atoms in total. The molecule has 1 saturated heterocycles. The number of aryl methyl sites for hydroxylation is 1. The lowest BCUT2D eigenvalue weighted by Gasteiger charge is -2.29. The van der Waals surface area contributed by atoms with Gasteiger partial charge in [-0.3, -0.25) is 0 Å². The molecule has 0 atom stereocenters. The van der Waals surface area contributed by atoms with E-state index in [0.717, 1.165) is 43.0 Å². The summed E-state index contributed by atoms with van der Waals surface area (Å²) in [6, 6.07) is 16.7. The highest BCUT2D eigenvalue weighted by Gasteiger charge is 2.17. The van der Waals surface area contributed by atoms with Crippen LogP contribution in [0.2, 0.25) is 0 Å². The third-order valence-electron chi connectivity index (χ3n) is 4.46. The van der Waals surface area contributed by atoms with E-state index in [2.05, 4.69) is 52.5 Å². The van der Waals surface area contributed by atoms with E-state index in [4.69, 9.17) is 9.72 Å². The molecule has 0 spiro atoms. The Morgan fingerprint density at radius 2 is 1.76 bits per heavy atom. The lowest BCUT2D eigenvalue weighted by atomic mass is 10.1. The van der Waals surface area contributed by atoms with Crippen LogP contribution in [-0.2, 0) is 11.3 Å². The maximum atomic E-state index is 5.48. The first-order valence-electron chi connectivity index (χ1n) is 8.68. The molecule has 2 aromatic carbocycles. The molecule has 0 saturated carbocycles. The van der Waals surface area contributed by atoms with Gasteiger partial charge in [-0.25, -0.2) is 4.98 Å². The molecule has 0 aliphatic carbocycles. The Morgan fingerprint density at radius 1 is 1.00 bits per heavy atom. The van der Waals surface area contributed by atoms with Crippen molar-refractivity contribution in [2.24, 2.45) is 0 Å². The fourth-order valence-corrected chi connectivity index (χ4v) is 3.04. The first-order chi connectivity index (χ1) is 12.3. The van der Waals surface area contributed by atoms with Crippen LogP contribution in [0, 0.1) is 6.92 Å². The summed E-state index contributed by atoms with van der Waals surface area (Å²) in [5.41, 5.74) is 3.45. The van der Waals surface area contributed by atoms with Crippen molar-refractivity contribution in [1.82, 2.24) is 9.97 Å². The molecule has 1 N–H and O–H groups in total. The van der Waals surface area contributed by atoms with Crippen LogP contribution in [0.15, 0.2) is 48.5 Å². The summed E-state index contributed by atoms with van der Waals surface area (Å²) in [7, 11) is 0. The van der Waals surface area contributed by atoms with Crippen LogP contribution in [0.5, 0.6) is 0 Å².